The second-order valence-corrected chi connectivity index (χ2v) is 4.10. The van der Waals surface area contributed by atoms with Gasteiger partial charge in [0.2, 0.25) is 0 Å². The number of benzene rings is 1. The van der Waals surface area contributed by atoms with Gasteiger partial charge in [-0.25, -0.2) is 5.43 Å². The van der Waals surface area contributed by atoms with E-state index in [1.54, 1.807) is 0 Å². The Morgan fingerprint density at radius 1 is 1.43 bits per heavy atom. The lowest BCUT2D eigenvalue weighted by Gasteiger charge is -2.19. The molecule has 1 fully saturated rings. The molecule has 0 radical (unpaired) electrons. The summed E-state index contributed by atoms with van der Waals surface area (Å²) >= 11 is 0. The Morgan fingerprint density at radius 3 is 3.14 bits per heavy atom. The number of nitrogens with one attached hydrogen (secondary N) is 1. The third-order valence-electron chi connectivity index (χ3n) is 3.17. The number of aliphatic hydroxyl groups is 1. The number of nitrogens with zero attached hydrogens (tertiary/aromatic N) is 1. The van der Waals surface area contributed by atoms with E-state index in [-0.39, 0.29) is 12.6 Å². The smallest absolute Gasteiger partial charge is 0.0603 e. The van der Waals surface area contributed by atoms with E-state index in [1.165, 1.54) is 11.3 Å². The number of aliphatic hydroxyl groups excluding tert-OH is 1. The fourth-order valence-corrected chi connectivity index (χ4v) is 2.52. The van der Waals surface area contributed by atoms with Crippen LogP contribution in [0, 0.1) is 0 Å². The molecule has 0 aliphatic carbocycles. The first-order chi connectivity index (χ1) is 6.88. The maximum atomic E-state index is 9.08. The molecule has 0 aromatic heterocycles. The van der Waals surface area contributed by atoms with Gasteiger partial charge in [0.05, 0.1) is 24.4 Å². The third kappa shape index (κ3) is 1.06. The standard InChI is InChI=1S/C11H14N2O/c14-7-9-6-10-5-8-3-1-2-4-11(8)13(10)12-9/h1-4,9-10,12,14H,5-7H2. The zero-order valence-electron chi connectivity index (χ0n) is 7.98. The van der Waals surface area contributed by atoms with Crippen molar-refractivity contribution in [1.29, 1.82) is 0 Å². The highest BCUT2D eigenvalue weighted by Crippen LogP contribution is 2.35. The normalized spacial score (nSPS) is 29.1. The second-order valence-electron chi connectivity index (χ2n) is 4.10. The zero-order chi connectivity index (χ0) is 9.54. The van der Waals surface area contributed by atoms with Gasteiger partial charge in [-0.3, -0.25) is 0 Å². The molecule has 1 aromatic carbocycles. The van der Waals surface area contributed by atoms with Gasteiger partial charge in [-0.15, -0.1) is 0 Å². The quantitative estimate of drug-likeness (QED) is 0.684. The van der Waals surface area contributed by atoms with Crippen molar-refractivity contribution in [2.45, 2.75) is 24.9 Å². The van der Waals surface area contributed by atoms with Crippen LogP contribution in [-0.4, -0.2) is 23.8 Å². The van der Waals surface area contributed by atoms with Crippen LogP contribution < -0.4 is 10.4 Å². The van der Waals surface area contributed by atoms with Crippen LogP contribution in [-0.2, 0) is 6.42 Å². The summed E-state index contributed by atoms with van der Waals surface area (Å²) in [6.07, 6.45) is 2.16. The number of rotatable bonds is 1. The van der Waals surface area contributed by atoms with E-state index in [0.717, 1.165) is 12.8 Å². The number of hydrazine groups is 1. The lowest BCUT2D eigenvalue weighted by atomic mass is 10.1. The van der Waals surface area contributed by atoms with Gasteiger partial charge in [-0.1, -0.05) is 18.2 Å². The van der Waals surface area contributed by atoms with Gasteiger partial charge in [0, 0.05) is 0 Å². The molecule has 2 unspecified atom stereocenters. The highest BCUT2D eigenvalue weighted by molar-refractivity contribution is 5.59. The van der Waals surface area contributed by atoms with Crippen molar-refractivity contribution in [3.63, 3.8) is 0 Å². The highest BCUT2D eigenvalue weighted by atomic mass is 16.3. The van der Waals surface area contributed by atoms with Crippen LogP contribution in [0.3, 0.4) is 0 Å². The molecule has 2 aliphatic rings. The molecule has 0 amide bonds. The molecular formula is C11H14N2O. The number of hydrogen-bond acceptors (Lipinski definition) is 3. The van der Waals surface area contributed by atoms with Crippen molar-refractivity contribution in [3.05, 3.63) is 29.8 Å². The first-order valence-corrected chi connectivity index (χ1v) is 5.12. The number of fused-ring (bicyclic) bond motifs is 3. The summed E-state index contributed by atoms with van der Waals surface area (Å²) in [6.45, 7) is 0.231. The van der Waals surface area contributed by atoms with Crippen molar-refractivity contribution in [3.8, 4) is 0 Å². The minimum Gasteiger partial charge on any atom is -0.395 e. The van der Waals surface area contributed by atoms with E-state index in [2.05, 4.69) is 34.7 Å². The van der Waals surface area contributed by atoms with Crippen molar-refractivity contribution >= 4 is 5.69 Å². The maximum Gasteiger partial charge on any atom is 0.0603 e. The van der Waals surface area contributed by atoms with Gasteiger partial charge < -0.3 is 10.1 Å². The van der Waals surface area contributed by atoms with Gasteiger partial charge >= 0.3 is 0 Å². The van der Waals surface area contributed by atoms with Gasteiger partial charge in [0.15, 0.2) is 0 Å². The number of para-hydroxylation sites is 1. The van der Waals surface area contributed by atoms with E-state index in [4.69, 9.17) is 5.11 Å². The Bertz CT molecular complexity index is 353. The first-order valence-electron chi connectivity index (χ1n) is 5.12. The molecule has 2 atom stereocenters. The summed E-state index contributed by atoms with van der Waals surface area (Å²) in [7, 11) is 0. The first kappa shape index (κ1) is 8.26. The summed E-state index contributed by atoms with van der Waals surface area (Å²) in [5.74, 6) is 0. The average molecular weight is 190 g/mol. The molecule has 2 heterocycles. The molecule has 14 heavy (non-hydrogen) atoms. The van der Waals surface area contributed by atoms with Gasteiger partial charge in [0.25, 0.3) is 0 Å². The van der Waals surface area contributed by atoms with Gasteiger partial charge in [-0.05, 0) is 24.5 Å². The van der Waals surface area contributed by atoms with Crippen molar-refractivity contribution in [1.82, 2.24) is 5.43 Å². The Kier molecular flexibility index (Phi) is 1.75. The Balaban J connectivity index is 1.92. The predicted octanol–water partition coefficient (Wildman–Crippen LogP) is 0.687. The molecule has 2 N–H and O–H groups in total. The fourth-order valence-electron chi connectivity index (χ4n) is 2.52. The molecule has 3 rings (SSSR count). The van der Waals surface area contributed by atoms with Crippen LogP contribution in [0.25, 0.3) is 0 Å². The fraction of sp³-hybridized carbons (Fsp3) is 0.455. The van der Waals surface area contributed by atoms with Crippen LogP contribution in [0.1, 0.15) is 12.0 Å². The summed E-state index contributed by atoms with van der Waals surface area (Å²) in [4.78, 5) is 0. The monoisotopic (exact) mass is 190 g/mol. The van der Waals surface area contributed by atoms with Crippen LogP contribution >= 0.6 is 0 Å². The van der Waals surface area contributed by atoms with E-state index >= 15 is 0 Å². The van der Waals surface area contributed by atoms with Crippen molar-refractivity contribution in [2.24, 2.45) is 0 Å². The van der Waals surface area contributed by atoms with E-state index in [1.807, 2.05) is 0 Å². The molecule has 3 heteroatoms. The topological polar surface area (TPSA) is 35.5 Å². The van der Waals surface area contributed by atoms with E-state index in [9.17, 15) is 0 Å². The average Bonchev–Trinajstić information content (AvgIpc) is 2.73. The maximum absolute atomic E-state index is 9.08. The molecule has 0 spiro atoms. The second kappa shape index (κ2) is 2.97. The lowest BCUT2D eigenvalue weighted by Crippen LogP contribution is -2.38. The van der Waals surface area contributed by atoms with Gasteiger partial charge in [0.1, 0.15) is 0 Å². The molecule has 1 aromatic rings. The largest absolute Gasteiger partial charge is 0.395 e. The summed E-state index contributed by atoms with van der Waals surface area (Å²) in [6, 6.07) is 9.27. The summed E-state index contributed by atoms with van der Waals surface area (Å²) < 4.78 is 0. The van der Waals surface area contributed by atoms with Crippen LogP contribution in [0.15, 0.2) is 24.3 Å². The molecule has 3 nitrogen and oxygen atoms in total. The molecule has 2 aliphatic heterocycles. The predicted molar refractivity (Wildman–Crippen MR) is 55.0 cm³/mol. The minimum atomic E-state index is 0.231. The van der Waals surface area contributed by atoms with E-state index < -0.39 is 0 Å². The Labute approximate surface area is 83.3 Å². The number of hydrogen-bond donors (Lipinski definition) is 2. The molecule has 0 saturated carbocycles. The van der Waals surface area contributed by atoms with Gasteiger partial charge in [-0.2, -0.15) is 0 Å². The van der Waals surface area contributed by atoms with E-state index in [0.29, 0.717) is 6.04 Å². The minimum absolute atomic E-state index is 0.231. The zero-order valence-corrected chi connectivity index (χ0v) is 7.98. The molecular weight excluding hydrogens is 176 g/mol. The molecule has 74 valence electrons. The van der Waals surface area contributed by atoms with Crippen molar-refractivity contribution in [2.75, 3.05) is 11.6 Å². The Hall–Kier alpha value is -1.06. The van der Waals surface area contributed by atoms with Crippen molar-refractivity contribution < 1.29 is 5.11 Å². The third-order valence-corrected chi connectivity index (χ3v) is 3.17. The highest BCUT2D eigenvalue weighted by Gasteiger charge is 2.37. The van der Waals surface area contributed by atoms with Crippen LogP contribution in [0.4, 0.5) is 5.69 Å². The Morgan fingerprint density at radius 2 is 2.29 bits per heavy atom. The number of anilines is 1. The molecule has 1 saturated heterocycles. The summed E-state index contributed by atoms with van der Waals surface area (Å²) in [5, 5.41) is 11.3. The van der Waals surface area contributed by atoms with Crippen LogP contribution in [0.5, 0.6) is 0 Å². The van der Waals surface area contributed by atoms with Crippen LogP contribution in [0.2, 0.25) is 0 Å². The SMILES string of the molecule is OCC1CC2Cc3ccccc3N2N1. The summed E-state index contributed by atoms with van der Waals surface area (Å²) in [5.41, 5.74) is 6.05. The molecule has 0 bridgehead atoms. The lowest BCUT2D eigenvalue weighted by molar-refractivity contribution is 0.253.